The smallest absolute Gasteiger partial charge is 0.226 e. The van der Waals surface area contributed by atoms with Crippen LogP contribution in [0, 0.1) is 0 Å². The van der Waals surface area contributed by atoms with Crippen LogP contribution in [0.5, 0.6) is 11.6 Å². The number of rotatable bonds is 4. The zero-order chi connectivity index (χ0) is 14.8. The van der Waals surface area contributed by atoms with Crippen LogP contribution in [-0.4, -0.2) is 24.6 Å². The molecule has 20 heavy (non-hydrogen) atoms. The fourth-order valence-electron chi connectivity index (χ4n) is 1.63. The lowest BCUT2D eigenvalue weighted by molar-refractivity contribution is 0.454. The van der Waals surface area contributed by atoms with Gasteiger partial charge in [-0.15, -0.1) is 0 Å². The van der Waals surface area contributed by atoms with E-state index in [1.165, 1.54) is 18.5 Å². The molecule has 2 aromatic rings. The van der Waals surface area contributed by atoms with Crippen LogP contribution in [0.1, 0.15) is 12.5 Å². The van der Waals surface area contributed by atoms with E-state index in [0.717, 1.165) is 6.26 Å². The molecule has 0 bridgehead atoms. The maximum atomic E-state index is 11.4. The van der Waals surface area contributed by atoms with Crippen molar-refractivity contribution < 1.29 is 13.2 Å². The average Bonchev–Trinajstić information content (AvgIpc) is 2.38. The number of hydrogen-bond donors (Lipinski definition) is 0. The van der Waals surface area contributed by atoms with Gasteiger partial charge in [-0.3, -0.25) is 0 Å². The van der Waals surface area contributed by atoms with Gasteiger partial charge in [-0.05, 0) is 30.7 Å². The van der Waals surface area contributed by atoms with E-state index >= 15 is 0 Å². The summed E-state index contributed by atoms with van der Waals surface area (Å²) in [5.41, 5.74) is 0.710. The van der Waals surface area contributed by atoms with E-state index in [2.05, 4.69) is 9.97 Å². The summed E-state index contributed by atoms with van der Waals surface area (Å²) >= 11 is 5.97. The molecule has 1 aromatic heterocycles. The third-order valence-electron chi connectivity index (χ3n) is 2.67. The highest BCUT2D eigenvalue weighted by Crippen LogP contribution is 2.27. The van der Waals surface area contributed by atoms with Crippen LogP contribution in [0.4, 0.5) is 0 Å². The average molecular weight is 313 g/mol. The molecule has 7 heteroatoms. The summed E-state index contributed by atoms with van der Waals surface area (Å²) in [6.45, 7) is 1.92. The van der Waals surface area contributed by atoms with E-state index in [1.807, 2.05) is 6.92 Å². The van der Waals surface area contributed by atoms with Crippen molar-refractivity contribution in [1.29, 1.82) is 0 Å². The van der Waals surface area contributed by atoms with Gasteiger partial charge in [0.15, 0.2) is 9.84 Å². The van der Waals surface area contributed by atoms with Gasteiger partial charge >= 0.3 is 0 Å². The van der Waals surface area contributed by atoms with Gasteiger partial charge in [-0.2, -0.15) is 0 Å². The number of ether oxygens (including phenoxy) is 1. The molecule has 0 radical (unpaired) electrons. The summed E-state index contributed by atoms with van der Waals surface area (Å²) in [5.74, 6) is 0.862. The largest absolute Gasteiger partial charge is 0.439 e. The molecule has 0 N–H and O–H groups in total. The van der Waals surface area contributed by atoms with Gasteiger partial charge in [0, 0.05) is 6.26 Å². The van der Waals surface area contributed by atoms with Crippen LogP contribution in [0.15, 0.2) is 35.5 Å². The minimum atomic E-state index is -3.21. The minimum Gasteiger partial charge on any atom is -0.439 e. The number of hydrogen-bond acceptors (Lipinski definition) is 5. The molecular weight excluding hydrogens is 300 g/mol. The Bertz CT molecular complexity index is 715. The first-order valence-electron chi connectivity index (χ1n) is 5.89. The number of sulfone groups is 1. The first kappa shape index (κ1) is 14.7. The highest BCUT2D eigenvalue weighted by Gasteiger charge is 2.11. The Balaban J connectivity index is 2.29. The first-order chi connectivity index (χ1) is 9.41. The summed E-state index contributed by atoms with van der Waals surface area (Å²) in [5, 5.41) is 0.352. The summed E-state index contributed by atoms with van der Waals surface area (Å²) in [4.78, 5) is 8.17. The van der Waals surface area contributed by atoms with E-state index in [0.29, 0.717) is 28.8 Å². The second kappa shape index (κ2) is 5.76. The van der Waals surface area contributed by atoms with Gasteiger partial charge in [0.2, 0.25) is 5.88 Å². The predicted octanol–water partition coefficient (Wildman–Crippen LogP) is 2.89. The van der Waals surface area contributed by atoms with Gasteiger partial charge in [0.1, 0.15) is 17.2 Å². The normalized spacial score (nSPS) is 11.3. The lowest BCUT2D eigenvalue weighted by atomic mass is 10.2. The maximum absolute atomic E-state index is 11.4. The molecule has 1 heterocycles. The van der Waals surface area contributed by atoms with Crippen molar-refractivity contribution in [3.63, 3.8) is 0 Å². The van der Waals surface area contributed by atoms with Crippen LogP contribution in [0.25, 0.3) is 0 Å². The summed E-state index contributed by atoms with van der Waals surface area (Å²) in [7, 11) is -3.21. The van der Waals surface area contributed by atoms with Crippen molar-refractivity contribution in [2.24, 2.45) is 0 Å². The Kier molecular flexibility index (Phi) is 4.25. The Morgan fingerprint density at radius 1 is 1.20 bits per heavy atom. The van der Waals surface area contributed by atoms with Crippen LogP contribution < -0.4 is 4.74 Å². The Hall–Kier alpha value is -1.66. The molecule has 5 nitrogen and oxygen atoms in total. The molecule has 0 saturated heterocycles. The van der Waals surface area contributed by atoms with Crippen molar-refractivity contribution in [3.8, 4) is 11.6 Å². The molecule has 1 aromatic carbocycles. The van der Waals surface area contributed by atoms with Crippen molar-refractivity contribution in [3.05, 3.63) is 41.3 Å². The van der Waals surface area contributed by atoms with Crippen LogP contribution in [-0.2, 0) is 16.3 Å². The molecule has 0 fully saturated rings. The molecule has 0 spiro atoms. The van der Waals surface area contributed by atoms with Gasteiger partial charge in [-0.25, -0.2) is 18.4 Å². The lowest BCUT2D eigenvalue weighted by Gasteiger charge is -2.09. The number of benzene rings is 1. The molecule has 0 unspecified atom stereocenters. The van der Waals surface area contributed by atoms with E-state index < -0.39 is 9.84 Å². The second-order valence-corrected chi connectivity index (χ2v) is 6.52. The topological polar surface area (TPSA) is 69.2 Å². The van der Waals surface area contributed by atoms with E-state index in [9.17, 15) is 8.42 Å². The standard InChI is InChI=1S/C13H13ClN2O3S/c1-3-11-12(14)15-8-16-13(11)19-9-4-6-10(7-5-9)20(2,17)18/h4-8H,3H2,1-2H3. The Morgan fingerprint density at radius 2 is 1.85 bits per heavy atom. The second-order valence-electron chi connectivity index (χ2n) is 4.15. The monoisotopic (exact) mass is 312 g/mol. The predicted molar refractivity (Wildman–Crippen MR) is 76.0 cm³/mol. The van der Waals surface area contributed by atoms with Gasteiger partial charge in [0.05, 0.1) is 10.5 Å². The molecular formula is C13H13ClN2O3S. The lowest BCUT2D eigenvalue weighted by Crippen LogP contribution is -1.98. The number of aromatic nitrogens is 2. The number of halogens is 1. The highest BCUT2D eigenvalue weighted by atomic mass is 35.5. The van der Waals surface area contributed by atoms with Crippen molar-refractivity contribution in [2.45, 2.75) is 18.2 Å². The van der Waals surface area contributed by atoms with Crippen molar-refractivity contribution in [1.82, 2.24) is 9.97 Å². The summed E-state index contributed by atoms with van der Waals surface area (Å²) in [6, 6.07) is 6.12. The van der Waals surface area contributed by atoms with Crippen LogP contribution in [0.2, 0.25) is 5.15 Å². The van der Waals surface area contributed by atoms with Gasteiger partial charge in [0.25, 0.3) is 0 Å². The van der Waals surface area contributed by atoms with E-state index in [1.54, 1.807) is 12.1 Å². The fourth-order valence-corrected chi connectivity index (χ4v) is 2.52. The van der Waals surface area contributed by atoms with E-state index in [4.69, 9.17) is 16.3 Å². The third-order valence-corrected chi connectivity index (χ3v) is 4.13. The molecule has 0 aliphatic rings. The molecule has 0 amide bonds. The van der Waals surface area contributed by atoms with Crippen LogP contribution in [0.3, 0.4) is 0 Å². The zero-order valence-electron chi connectivity index (χ0n) is 11.0. The molecule has 0 aliphatic carbocycles. The Labute approximate surface area is 122 Å². The molecule has 0 saturated carbocycles. The van der Waals surface area contributed by atoms with E-state index in [-0.39, 0.29) is 4.90 Å². The first-order valence-corrected chi connectivity index (χ1v) is 8.16. The van der Waals surface area contributed by atoms with Gasteiger partial charge < -0.3 is 4.74 Å². The molecule has 0 aliphatic heterocycles. The molecule has 0 atom stereocenters. The minimum absolute atomic E-state index is 0.237. The van der Waals surface area contributed by atoms with Crippen molar-refractivity contribution in [2.75, 3.05) is 6.26 Å². The summed E-state index contributed by atoms with van der Waals surface area (Å²) < 4.78 is 28.4. The molecule has 2 rings (SSSR count). The van der Waals surface area contributed by atoms with Gasteiger partial charge in [-0.1, -0.05) is 18.5 Å². The number of nitrogens with zero attached hydrogens (tertiary/aromatic N) is 2. The summed E-state index contributed by atoms with van der Waals surface area (Å²) in [6.07, 6.45) is 3.11. The Morgan fingerprint density at radius 3 is 2.40 bits per heavy atom. The highest BCUT2D eigenvalue weighted by molar-refractivity contribution is 7.90. The quantitative estimate of drug-likeness (QED) is 0.812. The van der Waals surface area contributed by atoms with Crippen molar-refractivity contribution >= 4 is 21.4 Å². The third kappa shape index (κ3) is 3.26. The molecule has 106 valence electrons. The zero-order valence-corrected chi connectivity index (χ0v) is 12.6. The fraction of sp³-hybridized carbons (Fsp3) is 0.231. The van der Waals surface area contributed by atoms with Crippen LogP contribution >= 0.6 is 11.6 Å². The SMILES string of the molecule is CCc1c(Cl)ncnc1Oc1ccc(S(C)(=O)=O)cc1. The maximum Gasteiger partial charge on any atom is 0.226 e.